The van der Waals surface area contributed by atoms with Crippen molar-refractivity contribution in [2.24, 2.45) is 0 Å². The van der Waals surface area contributed by atoms with Crippen molar-refractivity contribution in [3.05, 3.63) is 22.8 Å². The average molecular weight is 196 g/mol. The Morgan fingerprint density at radius 3 is 3.00 bits per heavy atom. The van der Waals surface area contributed by atoms with Gasteiger partial charge in [-0.05, 0) is 6.07 Å². The highest BCUT2D eigenvalue weighted by Crippen LogP contribution is 2.20. The highest BCUT2D eigenvalue weighted by atomic mass is 35.5. The number of nitriles is 1. The third-order valence-electron chi connectivity index (χ3n) is 1.31. The van der Waals surface area contributed by atoms with E-state index in [-0.39, 0.29) is 22.3 Å². The first-order valence-corrected chi connectivity index (χ1v) is 3.85. The fourth-order valence-electron chi connectivity index (χ4n) is 0.806. The number of hydrogen-bond acceptors (Lipinski definition) is 3. The standard InChI is InChI=1S/C8H6ClN3O/c1-5(13)12-8-6(4-10)7(9)2-3-11-8/h2-3H,1H3,(H,11,12,13). The smallest absolute Gasteiger partial charge is 0.222 e. The Morgan fingerprint density at radius 2 is 2.46 bits per heavy atom. The fourth-order valence-corrected chi connectivity index (χ4v) is 0.994. The molecular formula is C8H6ClN3O. The van der Waals surface area contributed by atoms with Crippen LogP contribution in [0.3, 0.4) is 0 Å². The van der Waals surface area contributed by atoms with Crippen molar-refractivity contribution >= 4 is 23.3 Å². The molecule has 1 N–H and O–H groups in total. The second-order valence-corrected chi connectivity index (χ2v) is 2.72. The van der Waals surface area contributed by atoms with Crippen LogP contribution in [0.1, 0.15) is 12.5 Å². The van der Waals surface area contributed by atoms with E-state index in [0.29, 0.717) is 0 Å². The van der Waals surface area contributed by atoms with Crippen molar-refractivity contribution in [1.29, 1.82) is 5.26 Å². The molecule has 0 spiro atoms. The highest BCUT2D eigenvalue weighted by Gasteiger charge is 2.08. The molecular weight excluding hydrogens is 190 g/mol. The van der Waals surface area contributed by atoms with E-state index in [4.69, 9.17) is 16.9 Å². The van der Waals surface area contributed by atoms with Gasteiger partial charge in [-0.2, -0.15) is 5.26 Å². The summed E-state index contributed by atoms with van der Waals surface area (Å²) < 4.78 is 0. The van der Waals surface area contributed by atoms with E-state index in [1.807, 2.05) is 6.07 Å². The van der Waals surface area contributed by atoms with Gasteiger partial charge >= 0.3 is 0 Å². The summed E-state index contributed by atoms with van der Waals surface area (Å²) in [7, 11) is 0. The maximum Gasteiger partial charge on any atom is 0.222 e. The number of aromatic nitrogens is 1. The first kappa shape index (κ1) is 9.49. The number of anilines is 1. The van der Waals surface area contributed by atoms with Gasteiger partial charge in [-0.3, -0.25) is 4.79 Å². The maximum absolute atomic E-state index is 10.7. The molecule has 4 nitrogen and oxygen atoms in total. The van der Waals surface area contributed by atoms with Crippen LogP contribution < -0.4 is 5.32 Å². The van der Waals surface area contributed by atoms with Crippen molar-refractivity contribution in [2.75, 3.05) is 5.32 Å². The zero-order valence-corrected chi connectivity index (χ0v) is 7.59. The molecule has 0 aliphatic rings. The van der Waals surface area contributed by atoms with Crippen molar-refractivity contribution in [2.45, 2.75) is 6.92 Å². The molecule has 0 aliphatic carbocycles. The number of pyridine rings is 1. The third kappa shape index (κ3) is 2.17. The van der Waals surface area contributed by atoms with Gasteiger partial charge in [0.15, 0.2) is 5.82 Å². The summed E-state index contributed by atoms with van der Waals surface area (Å²) in [5.41, 5.74) is 0.180. The summed E-state index contributed by atoms with van der Waals surface area (Å²) in [4.78, 5) is 14.5. The zero-order valence-electron chi connectivity index (χ0n) is 6.84. The molecule has 0 radical (unpaired) electrons. The lowest BCUT2D eigenvalue weighted by Gasteiger charge is -2.03. The summed E-state index contributed by atoms with van der Waals surface area (Å²) in [6, 6.07) is 3.35. The van der Waals surface area contributed by atoms with Crippen LogP contribution in [0.2, 0.25) is 5.02 Å². The van der Waals surface area contributed by atoms with Gasteiger partial charge < -0.3 is 5.32 Å². The summed E-state index contributed by atoms with van der Waals surface area (Å²) >= 11 is 5.70. The molecule has 1 heterocycles. The monoisotopic (exact) mass is 195 g/mol. The Kier molecular flexibility index (Phi) is 2.83. The van der Waals surface area contributed by atoms with Crippen LogP contribution >= 0.6 is 11.6 Å². The Hall–Kier alpha value is -1.60. The van der Waals surface area contributed by atoms with Crippen LogP contribution in [0.25, 0.3) is 0 Å². The number of carbonyl (C=O) groups is 1. The minimum atomic E-state index is -0.286. The van der Waals surface area contributed by atoms with Gasteiger partial charge in [0.05, 0.1) is 5.02 Å². The molecule has 1 aromatic heterocycles. The van der Waals surface area contributed by atoms with Crippen LogP contribution in [0.15, 0.2) is 12.3 Å². The zero-order chi connectivity index (χ0) is 9.84. The van der Waals surface area contributed by atoms with E-state index in [2.05, 4.69) is 10.3 Å². The highest BCUT2D eigenvalue weighted by molar-refractivity contribution is 6.32. The number of halogens is 1. The Balaban J connectivity index is 3.14. The van der Waals surface area contributed by atoms with Crippen LogP contribution in [-0.4, -0.2) is 10.9 Å². The van der Waals surface area contributed by atoms with Crippen molar-refractivity contribution in [3.63, 3.8) is 0 Å². The topological polar surface area (TPSA) is 65.8 Å². The number of nitrogens with zero attached hydrogens (tertiary/aromatic N) is 2. The summed E-state index contributed by atoms with van der Waals surface area (Å²) in [6.45, 7) is 1.34. The molecule has 0 saturated heterocycles. The summed E-state index contributed by atoms with van der Waals surface area (Å²) in [5.74, 6) is -0.0891. The quantitative estimate of drug-likeness (QED) is 0.740. The molecule has 0 aliphatic heterocycles. The maximum atomic E-state index is 10.7. The van der Waals surface area contributed by atoms with Crippen LogP contribution in [-0.2, 0) is 4.79 Å². The molecule has 0 aromatic carbocycles. The van der Waals surface area contributed by atoms with E-state index in [1.54, 1.807) is 0 Å². The van der Waals surface area contributed by atoms with Gasteiger partial charge in [-0.25, -0.2) is 4.98 Å². The van der Waals surface area contributed by atoms with E-state index in [9.17, 15) is 4.79 Å². The molecule has 1 rings (SSSR count). The SMILES string of the molecule is CC(=O)Nc1nccc(Cl)c1C#N. The van der Waals surface area contributed by atoms with Crippen LogP contribution in [0.5, 0.6) is 0 Å². The molecule has 5 heteroatoms. The normalized spacial score (nSPS) is 9.00. The fraction of sp³-hybridized carbons (Fsp3) is 0.125. The van der Waals surface area contributed by atoms with Crippen LogP contribution in [0.4, 0.5) is 5.82 Å². The number of rotatable bonds is 1. The van der Waals surface area contributed by atoms with Gasteiger partial charge in [0.2, 0.25) is 5.91 Å². The Morgan fingerprint density at radius 1 is 1.77 bits per heavy atom. The molecule has 0 unspecified atom stereocenters. The minimum absolute atomic E-state index is 0.180. The first-order chi connectivity index (χ1) is 6.15. The van der Waals surface area contributed by atoms with Gasteiger partial charge in [0, 0.05) is 13.1 Å². The van der Waals surface area contributed by atoms with Gasteiger partial charge in [0.25, 0.3) is 0 Å². The Labute approximate surface area is 80.2 Å². The minimum Gasteiger partial charge on any atom is -0.310 e. The lowest BCUT2D eigenvalue weighted by molar-refractivity contribution is -0.114. The van der Waals surface area contributed by atoms with E-state index < -0.39 is 0 Å². The van der Waals surface area contributed by atoms with Crippen LogP contribution in [0, 0.1) is 11.3 Å². The van der Waals surface area contributed by atoms with Crippen molar-refractivity contribution < 1.29 is 4.79 Å². The van der Waals surface area contributed by atoms with Gasteiger partial charge in [0.1, 0.15) is 11.6 Å². The van der Waals surface area contributed by atoms with Crippen molar-refractivity contribution in [1.82, 2.24) is 4.98 Å². The van der Waals surface area contributed by atoms with E-state index >= 15 is 0 Å². The average Bonchev–Trinajstić information content (AvgIpc) is 2.03. The molecule has 13 heavy (non-hydrogen) atoms. The summed E-state index contributed by atoms with van der Waals surface area (Å²) in [6.07, 6.45) is 1.43. The van der Waals surface area contributed by atoms with E-state index in [1.165, 1.54) is 19.2 Å². The third-order valence-corrected chi connectivity index (χ3v) is 1.62. The predicted octanol–water partition coefficient (Wildman–Crippen LogP) is 1.57. The molecule has 0 saturated carbocycles. The number of carbonyl (C=O) groups excluding carboxylic acids is 1. The second-order valence-electron chi connectivity index (χ2n) is 2.31. The summed E-state index contributed by atoms with van der Waals surface area (Å²) in [5, 5.41) is 11.4. The molecule has 1 amide bonds. The second kappa shape index (κ2) is 3.87. The van der Waals surface area contributed by atoms with Gasteiger partial charge in [-0.1, -0.05) is 11.6 Å². The van der Waals surface area contributed by atoms with E-state index in [0.717, 1.165) is 0 Å². The predicted molar refractivity (Wildman–Crippen MR) is 48.3 cm³/mol. The molecule has 1 aromatic rings. The molecule has 66 valence electrons. The molecule has 0 atom stereocenters. The molecule has 0 fully saturated rings. The number of hydrogen-bond donors (Lipinski definition) is 1. The Bertz CT molecular complexity index is 383. The lowest BCUT2D eigenvalue weighted by Crippen LogP contribution is -2.09. The number of amides is 1. The van der Waals surface area contributed by atoms with Crippen molar-refractivity contribution in [3.8, 4) is 6.07 Å². The largest absolute Gasteiger partial charge is 0.310 e. The first-order valence-electron chi connectivity index (χ1n) is 3.47. The molecule has 0 bridgehead atoms. The lowest BCUT2D eigenvalue weighted by atomic mass is 10.3. The van der Waals surface area contributed by atoms with Gasteiger partial charge in [-0.15, -0.1) is 0 Å². The number of nitrogens with one attached hydrogen (secondary N) is 1.